The summed E-state index contributed by atoms with van der Waals surface area (Å²) in [6.45, 7) is 1.42. The van der Waals surface area contributed by atoms with Crippen LogP contribution in [0.3, 0.4) is 0 Å². The van der Waals surface area contributed by atoms with Crippen molar-refractivity contribution in [1.82, 2.24) is 19.9 Å². The van der Waals surface area contributed by atoms with E-state index in [0.29, 0.717) is 54.5 Å². The largest absolute Gasteiger partial charge is 0.383 e. The van der Waals surface area contributed by atoms with Crippen LogP contribution in [-0.4, -0.2) is 76.0 Å². The van der Waals surface area contributed by atoms with Crippen LogP contribution in [0.5, 0.6) is 0 Å². The summed E-state index contributed by atoms with van der Waals surface area (Å²) in [5.74, 6) is 0.797. The number of nitrogens with two attached hydrogens (primary N) is 1. The lowest BCUT2D eigenvalue weighted by atomic mass is 10.1. The molecule has 0 saturated heterocycles. The van der Waals surface area contributed by atoms with Gasteiger partial charge < -0.3 is 10.6 Å². The zero-order valence-corrected chi connectivity index (χ0v) is 23.2. The Morgan fingerprint density at radius 2 is 1.63 bits per heavy atom. The molecule has 3 aromatic rings. The number of sulfone groups is 2. The van der Waals surface area contributed by atoms with Crippen molar-refractivity contribution in [2.24, 2.45) is 0 Å². The average molecular weight is 558 g/mol. The molecular weight excluding hydrogens is 526 g/mol. The Balaban J connectivity index is 1.55. The molecule has 0 unspecified atom stereocenters. The molecule has 0 fully saturated rings. The summed E-state index contributed by atoms with van der Waals surface area (Å²) < 4.78 is 48.7. The van der Waals surface area contributed by atoms with Crippen LogP contribution in [-0.2, 0) is 31.1 Å². The molecule has 0 saturated carbocycles. The molecular formula is C26H31N5O5S2. The van der Waals surface area contributed by atoms with Gasteiger partial charge in [-0.25, -0.2) is 26.8 Å². The fourth-order valence-corrected chi connectivity index (χ4v) is 5.98. The third-order valence-corrected chi connectivity index (χ3v) is 8.98. The van der Waals surface area contributed by atoms with Gasteiger partial charge in [-0.3, -0.25) is 9.90 Å². The van der Waals surface area contributed by atoms with Gasteiger partial charge in [0, 0.05) is 42.6 Å². The lowest BCUT2D eigenvalue weighted by molar-refractivity contribution is -0.112. The SMILES string of the molecule is CON1Cc2nc(-c3ccc(S(=O)(=O)c4ccccc4)cc3)nc(N)c2C=C1CCN(C)CCS(C)(=O)=O. The molecule has 0 radical (unpaired) electrons. The van der Waals surface area contributed by atoms with Crippen LogP contribution in [0.4, 0.5) is 5.82 Å². The number of aromatic nitrogens is 2. The highest BCUT2D eigenvalue weighted by Gasteiger charge is 2.24. The number of nitrogen functional groups attached to an aromatic ring is 1. The van der Waals surface area contributed by atoms with Crippen molar-refractivity contribution in [2.75, 3.05) is 45.0 Å². The van der Waals surface area contributed by atoms with Gasteiger partial charge in [-0.1, -0.05) is 18.2 Å². The molecule has 38 heavy (non-hydrogen) atoms. The average Bonchev–Trinajstić information content (AvgIpc) is 2.90. The molecule has 202 valence electrons. The first-order chi connectivity index (χ1) is 18.0. The minimum absolute atomic E-state index is 0.0993. The fraction of sp³-hybridized carbons (Fsp3) is 0.308. The van der Waals surface area contributed by atoms with Gasteiger partial charge in [0.05, 0.1) is 34.9 Å². The summed E-state index contributed by atoms with van der Waals surface area (Å²) in [6, 6.07) is 14.7. The van der Waals surface area contributed by atoms with Crippen LogP contribution in [0, 0.1) is 0 Å². The first-order valence-electron chi connectivity index (χ1n) is 11.9. The van der Waals surface area contributed by atoms with Crippen LogP contribution in [0.1, 0.15) is 17.7 Å². The van der Waals surface area contributed by atoms with E-state index in [1.54, 1.807) is 54.6 Å². The maximum atomic E-state index is 12.9. The number of hydrogen-bond donors (Lipinski definition) is 1. The highest BCUT2D eigenvalue weighted by molar-refractivity contribution is 7.91. The second-order valence-corrected chi connectivity index (χ2v) is 13.4. The number of benzene rings is 2. The molecule has 1 aliphatic rings. The molecule has 0 amide bonds. The molecule has 0 spiro atoms. The van der Waals surface area contributed by atoms with E-state index in [1.807, 2.05) is 18.0 Å². The summed E-state index contributed by atoms with van der Waals surface area (Å²) in [6.07, 6.45) is 3.74. The van der Waals surface area contributed by atoms with Gasteiger partial charge in [0.25, 0.3) is 0 Å². The van der Waals surface area contributed by atoms with Crippen LogP contribution >= 0.6 is 0 Å². The molecule has 2 heterocycles. The molecule has 2 N–H and O–H groups in total. The van der Waals surface area contributed by atoms with Gasteiger partial charge in [0.2, 0.25) is 9.84 Å². The van der Waals surface area contributed by atoms with Crippen molar-refractivity contribution in [3.8, 4) is 11.4 Å². The molecule has 1 aliphatic heterocycles. The van der Waals surface area contributed by atoms with Gasteiger partial charge in [0.15, 0.2) is 5.82 Å². The third-order valence-electron chi connectivity index (χ3n) is 6.27. The Kier molecular flexibility index (Phi) is 8.16. The van der Waals surface area contributed by atoms with Crippen molar-refractivity contribution < 1.29 is 21.7 Å². The number of hydroxylamine groups is 2. The van der Waals surface area contributed by atoms with E-state index in [1.165, 1.54) is 18.4 Å². The number of nitrogens with zero attached hydrogens (tertiary/aromatic N) is 4. The summed E-state index contributed by atoms with van der Waals surface area (Å²) in [7, 11) is -3.21. The topological polar surface area (TPSA) is 136 Å². The van der Waals surface area contributed by atoms with Crippen molar-refractivity contribution in [2.45, 2.75) is 22.8 Å². The zero-order valence-electron chi connectivity index (χ0n) is 21.5. The molecule has 12 heteroatoms. The Bertz CT molecular complexity index is 1540. The van der Waals surface area contributed by atoms with Gasteiger partial charge in [-0.2, -0.15) is 0 Å². The fourth-order valence-electron chi connectivity index (χ4n) is 4.05. The second-order valence-electron chi connectivity index (χ2n) is 9.17. The maximum Gasteiger partial charge on any atom is 0.206 e. The summed E-state index contributed by atoms with van der Waals surface area (Å²) in [4.78, 5) is 17.1. The number of rotatable bonds is 10. The van der Waals surface area contributed by atoms with E-state index in [2.05, 4.69) is 4.98 Å². The van der Waals surface area contributed by atoms with Gasteiger partial charge in [0.1, 0.15) is 15.7 Å². The Morgan fingerprint density at radius 1 is 0.974 bits per heavy atom. The number of fused-ring (bicyclic) bond motifs is 1. The normalized spacial score (nSPS) is 13.9. The Hall–Kier alpha value is -3.32. The Labute approximate surface area is 223 Å². The monoisotopic (exact) mass is 557 g/mol. The number of hydrogen-bond acceptors (Lipinski definition) is 10. The van der Waals surface area contributed by atoms with E-state index < -0.39 is 19.7 Å². The van der Waals surface area contributed by atoms with E-state index >= 15 is 0 Å². The lowest BCUT2D eigenvalue weighted by Crippen LogP contribution is -2.31. The van der Waals surface area contributed by atoms with Crippen LogP contribution in [0.25, 0.3) is 17.5 Å². The molecule has 2 aromatic carbocycles. The molecule has 0 aliphatic carbocycles. The summed E-state index contributed by atoms with van der Waals surface area (Å²) in [5.41, 5.74) is 9.24. The molecule has 0 atom stereocenters. The highest BCUT2D eigenvalue weighted by atomic mass is 32.2. The lowest BCUT2D eigenvalue weighted by Gasteiger charge is -2.30. The molecule has 10 nitrogen and oxygen atoms in total. The third kappa shape index (κ3) is 6.38. The minimum Gasteiger partial charge on any atom is -0.383 e. The summed E-state index contributed by atoms with van der Waals surface area (Å²) >= 11 is 0. The first-order valence-corrected chi connectivity index (χ1v) is 15.5. The van der Waals surface area contributed by atoms with Crippen molar-refractivity contribution >= 4 is 31.6 Å². The van der Waals surface area contributed by atoms with Crippen molar-refractivity contribution in [3.05, 3.63) is 71.6 Å². The van der Waals surface area contributed by atoms with Crippen molar-refractivity contribution in [1.29, 1.82) is 0 Å². The van der Waals surface area contributed by atoms with E-state index in [0.717, 1.165) is 5.70 Å². The predicted molar refractivity (Wildman–Crippen MR) is 146 cm³/mol. The van der Waals surface area contributed by atoms with Crippen LogP contribution in [0.15, 0.2) is 70.1 Å². The van der Waals surface area contributed by atoms with Crippen LogP contribution < -0.4 is 5.73 Å². The molecule has 0 bridgehead atoms. The van der Waals surface area contributed by atoms with E-state index in [4.69, 9.17) is 15.6 Å². The van der Waals surface area contributed by atoms with Crippen molar-refractivity contribution in [3.63, 3.8) is 0 Å². The van der Waals surface area contributed by atoms with E-state index in [-0.39, 0.29) is 15.5 Å². The van der Waals surface area contributed by atoms with Gasteiger partial charge in [-0.15, -0.1) is 0 Å². The second kappa shape index (κ2) is 11.2. The highest BCUT2D eigenvalue weighted by Crippen LogP contribution is 2.31. The van der Waals surface area contributed by atoms with Gasteiger partial charge >= 0.3 is 0 Å². The van der Waals surface area contributed by atoms with Crippen LogP contribution in [0.2, 0.25) is 0 Å². The number of anilines is 1. The summed E-state index contributed by atoms with van der Waals surface area (Å²) in [5, 5.41) is 1.72. The predicted octanol–water partition coefficient (Wildman–Crippen LogP) is 2.64. The maximum absolute atomic E-state index is 12.9. The molecule has 4 rings (SSSR count). The first kappa shape index (κ1) is 27.7. The van der Waals surface area contributed by atoms with Gasteiger partial charge in [-0.05, 0) is 49.5 Å². The smallest absolute Gasteiger partial charge is 0.206 e. The Morgan fingerprint density at radius 3 is 2.26 bits per heavy atom. The standard InChI is InChI=1S/C26H31N5O5S2/c1-30(15-16-37(3,32)33)14-13-20-17-23-24(18-31(20)36-2)28-26(29-25(23)27)19-9-11-22(12-10-19)38(34,35)21-7-5-4-6-8-21/h4-12,17H,13-16,18H2,1-3H3,(H2,27,28,29). The zero-order chi connectivity index (χ0) is 27.5. The molecule has 1 aromatic heterocycles. The quantitative estimate of drug-likeness (QED) is 0.396. The minimum atomic E-state index is -3.63. The van der Waals surface area contributed by atoms with E-state index in [9.17, 15) is 16.8 Å².